The van der Waals surface area contributed by atoms with Crippen LogP contribution in [0.5, 0.6) is 0 Å². The third-order valence-electron chi connectivity index (χ3n) is 3.96. The monoisotopic (exact) mass is 511 g/mol. The zero-order chi connectivity index (χ0) is 14.3. The minimum Gasteiger partial charge on any atom is -1.00 e. The number of benzene rings is 2. The molecular formula is C20H21Cl2Hf-3. The summed E-state index contributed by atoms with van der Waals surface area (Å²) in [4.78, 5) is 0. The first-order chi connectivity index (χ1) is 9.45. The van der Waals surface area contributed by atoms with Gasteiger partial charge in [0.15, 0.2) is 0 Å². The van der Waals surface area contributed by atoms with Gasteiger partial charge in [-0.3, -0.25) is 0 Å². The van der Waals surface area contributed by atoms with Crippen LogP contribution in [0.4, 0.5) is 0 Å². The molecule has 0 unspecified atom stereocenters. The summed E-state index contributed by atoms with van der Waals surface area (Å²) in [7, 11) is 0. The molecule has 0 saturated heterocycles. The van der Waals surface area contributed by atoms with Crippen LogP contribution in [0.15, 0.2) is 54.6 Å². The van der Waals surface area contributed by atoms with Gasteiger partial charge in [-0.2, -0.15) is 6.07 Å². The van der Waals surface area contributed by atoms with E-state index in [1.165, 1.54) is 33.0 Å². The molecule has 3 rings (SSSR count). The Balaban J connectivity index is 0.00000161. The average molecular weight is 511 g/mol. The van der Waals surface area contributed by atoms with Gasteiger partial charge in [0.25, 0.3) is 0 Å². The molecule has 0 atom stereocenters. The minimum atomic E-state index is 0. The van der Waals surface area contributed by atoms with Crippen molar-refractivity contribution in [2.24, 2.45) is 0 Å². The summed E-state index contributed by atoms with van der Waals surface area (Å²) in [5, 5.41) is 2.69. The summed E-state index contributed by atoms with van der Waals surface area (Å²) in [6.07, 6.45) is 0. The normalized spacial score (nSPS) is 10.4. The molecule has 0 aromatic heterocycles. The first-order valence-corrected chi connectivity index (χ1v) is 7.22. The number of hydrogen-bond acceptors (Lipinski definition) is 0. The zero-order valence-corrected chi connectivity index (χ0v) is 19.1. The Hall–Kier alpha value is -0.500. The molecular weight excluding hydrogens is 490 g/mol. The van der Waals surface area contributed by atoms with Gasteiger partial charge in [0.1, 0.15) is 0 Å². The summed E-state index contributed by atoms with van der Waals surface area (Å²) in [5.74, 6) is 0. The maximum Gasteiger partial charge on any atom is 0 e. The Labute approximate surface area is 170 Å². The molecule has 0 bridgehead atoms. The van der Waals surface area contributed by atoms with Gasteiger partial charge in [-0.15, -0.1) is 34.5 Å². The molecule has 0 saturated carbocycles. The Bertz CT molecular complexity index is 749. The van der Waals surface area contributed by atoms with E-state index in [1.807, 2.05) is 0 Å². The van der Waals surface area contributed by atoms with Crippen LogP contribution in [0.2, 0.25) is 0 Å². The molecule has 0 aliphatic rings. The summed E-state index contributed by atoms with van der Waals surface area (Å²) >= 11 is 0. The van der Waals surface area contributed by atoms with E-state index >= 15 is 0 Å². The van der Waals surface area contributed by atoms with Crippen LogP contribution in [0, 0.1) is 6.92 Å². The summed E-state index contributed by atoms with van der Waals surface area (Å²) in [6.45, 7) is 8.92. The number of aryl methyl sites for hydroxylation is 1. The van der Waals surface area contributed by atoms with Crippen molar-refractivity contribution >= 4 is 10.8 Å². The van der Waals surface area contributed by atoms with Gasteiger partial charge < -0.3 is 24.8 Å². The Morgan fingerprint density at radius 3 is 2.04 bits per heavy atom. The molecule has 0 amide bonds. The van der Waals surface area contributed by atoms with E-state index in [-0.39, 0.29) is 56.1 Å². The van der Waals surface area contributed by atoms with E-state index in [0.717, 1.165) is 0 Å². The molecule has 0 spiro atoms. The molecule has 3 aromatic rings. The zero-order valence-electron chi connectivity index (χ0n) is 14.0. The molecule has 0 aliphatic heterocycles. The summed E-state index contributed by atoms with van der Waals surface area (Å²) in [5.41, 5.74) is 5.55. The van der Waals surface area contributed by atoms with Crippen LogP contribution in [-0.4, -0.2) is 0 Å². The van der Waals surface area contributed by atoms with Crippen molar-refractivity contribution < 1.29 is 50.7 Å². The fourth-order valence-electron chi connectivity index (χ4n) is 2.79. The number of hydrogen-bond donors (Lipinski definition) is 0. The second-order valence-electron chi connectivity index (χ2n) is 6.67. The molecule has 0 aliphatic carbocycles. The molecule has 0 fully saturated rings. The van der Waals surface area contributed by atoms with Gasteiger partial charge in [0.2, 0.25) is 0 Å². The van der Waals surface area contributed by atoms with Gasteiger partial charge in [0, 0.05) is 25.8 Å². The fraction of sp³-hybridized carbons (Fsp3) is 0.250. The van der Waals surface area contributed by atoms with Gasteiger partial charge in [0.05, 0.1) is 0 Å². The first-order valence-electron chi connectivity index (χ1n) is 7.22. The largest absolute Gasteiger partial charge is 1.00 e. The van der Waals surface area contributed by atoms with Crippen molar-refractivity contribution in [3.63, 3.8) is 0 Å². The quantitative estimate of drug-likeness (QED) is 0.315. The molecule has 23 heavy (non-hydrogen) atoms. The third kappa shape index (κ3) is 4.75. The number of halogens is 2. The predicted octanol–water partition coefficient (Wildman–Crippen LogP) is -0.163. The molecule has 0 N–H and O–H groups in total. The average Bonchev–Trinajstić information content (AvgIpc) is 2.78. The van der Waals surface area contributed by atoms with E-state index < -0.39 is 0 Å². The van der Waals surface area contributed by atoms with Crippen LogP contribution < -0.4 is 24.8 Å². The maximum atomic E-state index is 2.28. The summed E-state index contributed by atoms with van der Waals surface area (Å²) in [6, 6.07) is 20.1. The maximum absolute atomic E-state index is 2.28. The second-order valence-corrected chi connectivity index (χ2v) is 6.67. The number of rotatable bonds is 1. The van der Waals surface area contributed by atoms with Gasteiger partial charge in [-0.1, -0.05) is 63.6 Å². The molecule has 0 radical (unpaired) electrons. The Morgan fingerprint density at radius 1 is 0.870 bits per heavy atom. The van der Waals surface area contributed by atoms with E-state index in [2.05, 4.69) is 82.3 Å². The minimum absolute atomic E-state index is 0. The van der Waals surface area contributed by atoms with Crippen molar-refractivity contribution in [2.75, 3.05) is 0 Å². The SMILES string of the molecule is Cc1cc2c(-c3ccc(C(C)(C)C)cc3)cccc2[cH-]1.[Cl-].[Cl-].[Hf]. The molecule has 0 heterocycles. The van der Waals surface area contributed by atoms with Crippen LogP contribution in [0.25, 0.3) is 21.9 Å². The molecule has 3 heteroatoms. The van der Waals surface area contributed by atoms with E-state index in [9.17, 15) is 0 Å². The Kier molecular flexibility index (Phi) is 8.37. The first kappa shape index (κ1) is 22.5. The molecule has 0 nitrogen and oxygen atoms in total. The van der Waals surface area contributed by atoms with Gasteiger partial charge in [-0.25, -0.2) is 0 Å². The van der Waals surface area contributed by atoms with E-state index in [0.29, 0.717) is 0 Å². The third-order valence-corrected chi connectivity index (χ3v) is 3.96. The van der Waals surface area contributed by atoms with Gasteiger partial charge in [-0.05, 0) is 16.5 Å². The Morgan fingerprint density at radius 2 is 1.48 bits per heavy atom. The van der Waals surface area contributed by atoms with E-state index in [4.69, 9.17) is 0 Å². The summed E-state index contributed by atoms with van der Waals surface area (Å²) < 4.78 is 0. The molecule has 3 aromatic carbocycles. The smallest absolute Gasteiger partial charge is 0 e. The van der Waals surface area contributed by atoms with Crippen molar-refractivity contribution in [2.45, 2.75) is 33.1 Å². The van der Waals surface area contributed by atoms with Gasteiger partial charge >= 0.3 is 0 Å². The van der Waals surface area contributed by atoms with Crippen LogP contribution >= 0.6 is 0 Å². The van der Waals surface area contributed by atoms with Crippen LogP contribution in [0.3, 0.4) is 0 Å². The topological polar surface area (TPSA) is 0 Å². The van der Waals surface area contributed by atoms with Crippen molar-refractivity contribution in [3.05, 3.63) is 65.7 Å². The van der Waals surface area contributed by atoms with Crippen molar-refractivity contribution in [1.82, 2.24) is 0 Å². The predicted molar refractivity (Wildman–Crippen MR) is 88.4 cm³/mol. The van der Waals surface area contributed by atoms with E-state index in [1.54, 1.807) is 0 Å². The second kappa shape index (κ2) is 8.55. The number of fused-ring (bicyclic) bond motifs is 1. The van der Waals surface area contributed by atoms with Crippen molar-refractivity contribution in [1.29, 1.82) is 0 Å². The van der Waals surface area contributed by atoms with Crippen LogP contribution in [0.1, 0.15) is 31.9 Å². The van der Waals surface area contributed by atoms with Crippen LogP contribution in [-0.2, 0) is 31.3 Å². The van der Waals surface area contributed by atoms with Crippen molar-refractivity contribution in [3.8, 4) is 11.1 Å². The standard InChI is InChI=1S/C20H21.2ClH.Hf/c1-14-12-16-6-5-7-18(19(16)13-14)15-8-10-17(11-9-15)20(2,3)4;;;/h5-13H,1-4H3;2*1H;/q-1;;;/p-2. The molecule has 122 valence electrons. The fourth-order valence-corrected chi connectivity index (χ4v) is 2.79.